The summed E-state index contributed by atoms with van der Waals surface area (Å²) < 4.78 is 0. The third kappa shape index (κ3) is 1.82. The molecule has 0 saturated heterocycles. The number of nitrogens with zero attached hydrogens (tertiary/aromatic N) is 1. The van der Waals surface area contributed by atoms with E-state index in [1.165, 1.54) is 12.1 Å². The molecule has 1 unspecified atom stereocenters. The molecule has 0 saturated carbocycles. The van der Waals surface area contributed by atoms with Gasteiger partial charge in [-0.25, -0.2) is 0 Å². The molecule has 0 radical (unpaired) electrons. The first kappa shape index (κ1) is 10.5. The summed E-state index contributed by atoms with van der Waals surface area (Å²) >= 11 is 0. The van der Waals surface area contributed by atoms with Gasteiger partial charge in [0.1, 0.15) is 5.75 Å². The molecule has 0 aliphatic carbocycles. The van der Waals surface area contributed by atoms with Crippen molar-refractivity contribution in [3.05, 3.63) is 33.4 Å². The molecular weight excluding hydrogens is 184 g/mol. The number of aromatic hydroxyl groups is 1. The fourth-order valence-corrected chi connectivity index (χ4v) is 1.24. The Labute approximate surface area is 81.3 Å². The van der Waals surface area contributed by atoms with Crippen LogP contribution < -0.4 is 5.73 Å². The summed E-state index contributed by atoms with van der Waals surface area (Å²) in [5.74, 6) is 0.0330. The lowest BCUT2D eigenvalue weighted by Crippen LogP contribution is -2.06. The average molecular weight is 196 g/mol. The Balaban J connectivity index is 3.35. The Morgan fingerprint density at radius 2 is 2.14 bits per heavy atom. The van der Waals surface area contributed by atoms with Crippen molar-refractivity contribution >= 4 is 5.69 Å². The Hall–Kier alpha value is -1.62. The number of hydrogen-bond acceptors (Lipinski definition) is 4. The van der Waals surface area contributed by atoms with E-state index in [9.17, 15) is 15.2 Å². The summed E-state index contributed by atoms with van der Waals surface area (Å²) in [7, 11) is 0. The topological polar surface area (TPSA) is 89.4 Å². The first-order chi connectivity index (χ1) is 6.43. The highest BCUT2D eigenvalue weighted by molar-refractivity contribution is 5.49. The molecule has 0 amide bonds. The van der Waals surface area contributed by atoms with Gasteiger partial charge >= 0.3 is 0 Å². The van der Waals surface area contributed by atoms with Gasteiger partial charge in [-0.2, -0.15) is 0 Å². The van der Waals surface area contributed by atoms with E-state index < -0.39 is 11.0 Å². The van der Waals surface area contributed by atoms with Gasteiger partial charge in [-0.15, -0.1) is 0 Å². The third-order valence-corrected chi connectivity index (χ3v) is 2.02. The van der Waals surface area contributed by atoms with Crippen molar-refractivity contribution in [2.24, 2.45) is 5.73 Å². The van der Waals surface area contributed by atoms with Gasteiger partial charge in [0.25, 0.3) is 5.69 Å². The number of nitrogens with two attached hydrogens (primary N) is 1. The molecule has 1 aromatic rings. The molecule has 3 N–H and O–H groups in total. The SMILES string of the molecule is Cc1cc([N+](=O)[O-])cc(C(C)N)c1O. The van der Waals surface area contributed by atoms with Gasteiger partial charge in [-0.1, -0.05) is 0 Å². The van der Waals surface area contributed by atoms with E-state index in [1.54, 1.807) is 13.8 Å². The Morgan fingerprint density at radius 1 is 1.57 bits per heavy atom. The number of rotatable bonds is 2. The number of hydrogen-bond donors (Lipinski definition) is 2. The lowest BCUT2D eigenvalue weighted by molar-refractivity contribution is -0.385. The Kier molecular flexibility index (Phi) is 2.71. The van der Waals surface area contributed by atoms with Gasteiger partial charge in [-0.05, 0) is 19.4 Å². The minimum absolute atomic E-state index is 0.0330. The minimum Gasteiger partial charge on any atom is -0.507 e. The van der Waals surface area contributed by atoms with Crippen LogP contribution in [0.1, 0.15) is 24.1 Å². The van der Waals surface area contributed by atoms with E-state index in [0.717, 1.165) is 0 Å². The van der Waals surface area contributed by atoms with Crippen LogP contribution in [0.3, 0.4) is 0 Å². The highest BCUT2D eigenvalue weighted by atomic mass is 16.6. The highest BCUT2D eigenvalue weighted by Gasteiger charge is 2.15. The third-order valence-electron chi connectivity index (χ3n) is 2.02. The smallest absolute Gasteiger partial charge is 0.270 e. The molecule has 1 atom stereocenters. The molecule has 0 spiro atoms. The quantitative estimate of drug-likeness (QED) is 0.555. The molecule has 76 valence electrons. The highest BCUT2D eigenvalue weighted by Crippen LogP contribution is 2.30. The van der Waals surface area contributed by atoms with Gasteiger partial charge in [-0.3, -0.25) is 10.1 Å². The van der Waals surface area contributed by atoms with Crippen molar-refractivity contribution in [1.29, 1.82) is 0 Å². The van der Waals surface area contributed by atoms with Gasteiger partial charge in [0, 0.05) is 23.7 Å². The zero-order valence-electron chi connectivity index (χ0n) is 8.02. The number of benzene rings is 1. The molecule has 0 bridgehead atoms. The molecule has 0 fully saturated rings. The monoisotopic (exact) mass is 196 g/mol. The molecular formula is C9H12N2O3. The first-order valence-corrected chi connectivity index (χ1v) is 4.17. The Morgan fingerprint density at radius 3 is 2.57 bits per heavy atom. The summed E-state index contributed by atoms with van der Waals surface area (Å²) in [5.41, 5.74) is 6.39. The molecule has 0 aliphatic rings. The fraction of sp³-hybridized carbons (Fsp3) is 0.333. The largest absolute Gasteiger partial charge is 0.507 e. The van der Waals surface area contributed by atoms with Crippen LogP contribution in [0.25, 0.3) is 0 Å². The summed E-state index contributed by atoms with van der Waals surface area (Å²) in [6.45, 7) is 3.27. The molecule has 1 aromatic carbocycles. The second kappa shape index (κ2) is 3.63. The maximum atomic E-state index is 10.5. The molecule has 0 heterocycles. The number of non-ortho nitro benzene ring substituents is 1. The number of aryl methyl sites for hydroxylation is 1. The second-order valence-electron chi connectivity index (χ2n) is 3.25. The van der Waals surface area contributed by atoms with Crippen LogP contribution in [0, 0.1) is 17.0 Å². The van der Waals surface area contributed by atoms with Crippen LogP contribution >= 0.6 is 0 Å². The number of nitro benzene ring substituents is 1. The van der Waals surface area contributed by atoms with Crippen molar-refractivity contribution in [3.63, 3.8) is 0 Å². The molecule has 5 nitrogen and oxygen atoms in total. The van der Waals surface area contributed by atoms with E-state index in [1.807, 2.05) is 0 Å². The predicted octanol–water partition coefficient (Wildman–Crippen LogP) is 1.63. The zero-order valence-corrected chi connectivity index (χ0v) is 8.02. The van der Waals surface area contributed by atoms with Crippen molar-refractivity contribution in [1.82, 2.24) is 0 Å². The van der Waals surface area contributed by atoms with E-state index >= 15 is 0 Å². The van der Waals surface area contributed by atoms with E-state index in [4.69, 9.17) is 5.73 Å². The van der Waals surface area contributed by atoms with Gasteiger partial charge in [0.15, 0.2) is 0 Å². The molecule has 5 heteroatoms. The van der Waals surface area contributed by atoms with Crippen LogP contribution in [-0.2, 0) is 0 Å². The van der Waals surface area contributed by atoms with Crippen LogP contribution in [0.5, 0.6) is 5.75 Å². The van der Waals surface area contributed by atoms with E-state index in [0.29, 0.717) is 11.1 Å². The maximum absolute atomic E-state index is 10.5. The van der Waals surface area contributed by atoms with Crippen molar-refractivity contribution < 1.29 is 10.0 Å². The molecule has 1 rings (SSSR count). The number of phenols is 1. The van der Waals surface area contributed by atoms with Crippen LogP contribution in [0.4, 0.5) is 5.69 Å². The Bertz CT molecular complexity index is 375. The van der Waals surface area contributed by atoms with Crippen LogP contribution in [0.15, 0.2) is 12.1 Å². The van der Waals surface area contributed by atoms with Gasteiger partial charge in [0.05, 0.1) is 4.92 Å². The summed E-state index contributed by atoms with van der Waals surface area (Å²) in [6, 6.07) is 2.20. The second-order valence-corrected chi connectivity index (χ2v) is 3.25. The van der Waals surface area contributed by atoms with Crippen molar-refractivity contribution in [2.45, 2.75) is 19.9 Å². The summed E-state index contributed by atoms with van der Waals surface area (Å²) in [6.07, 6.45) is 0. The molecule has 0 aromatic heterocycles. The first-order valence-electron chi connectivity index (χ1n) is 4.17. The summed E-state index contributed by atoms with van der Waals surface area (Å²) in [5, 5.41) is 20.1. The van der Waals surface area contributed by atoms with Gasteiger partial charge < -0.3 is 10.8 Å². The van der Waals surface area contributed by atoms with Crippen molar-refractivity contribution in [3.8, 4) is 5.75 Å². The van der Waals surface area contributed by atoms with Gasteiger partial charge in [0.2, 0.25) is 0 Å². The lowest BCUT2D eigenvalue weighted by Gasteiger charge is -2.09. The zero-order chi connectivity index (χ0) is 10.9. The lowest BCUT2D eigenvalue weighted by atomic mass is 10.0. The van der Waals surface area contributed by atoms with Crippen molar-refractivity contribution in [2.75, 3.05) is 0 Å². The predicted molar refractivity (Wildman–Crippen MR) is 52.1 cm³/mol. The maximum Gasteiger partial charge on any atom is 0.270 e. The normalized spacial score (nSPS) is 12.5. The molecule has 0 aliphatic heterocycles. The van der Waals surface area contributed by atoms with E-state index in [2.05, 4.69) is 0 Å². The number of nitro groups is 1. The van der Waals surface area contributed by atoms with Crippen LogP contribution in [0.2, 0.25) is 0 Å². The minimum atomic E-state index is -0.502. The van der Waals surface area contributed by atoms with E-state index in [-0.39, 0.29) is 11.4 Å². The fourth-order valence-electron chi connectivity index (χ4n) is 1.24. The number of phenolic OH excluding ortho intramolecular Hbond substituents is 1. The van der Waals surface area contributed by atoms with Crippen LogP contribution in [-0.4, -0.2) is 10.0 Å². The standard InChI is InChI=1S/C9H12N2O3/c1-5-3-7(11(13)14)4-8(6(2)10)9(5)12/h3-4,6,12H,10H2,1-2H3. The molecule has 14 heavy (non-hydrogen) atoms. The average Bonchev–Trinajstić information content (AvgIpc) is 2.08. The summed E-state index contributed by atoms with van der Waals surface area (Å²) in [4.78, 5) is 10.0.